The number of thiophene rings is 1. The topological polar surface area (TPSA) is 86.8 Å². The van der Waals surface area contributed by atoms with Crippen molar-refractivity contribution in [1.82, 2.24) is 14.5 Å². The SMILES string of the molecule is CC(C)CC(=O)N1CCC(NC(=O)C2CCCN(S(=O)(=O)c3cccs3)C2)CC1. The van der Waals surface area contributed by atoms with Crippen LogP contribution in [-0.4, -0.2) is 61.7 Å². The molecule has 0 bridgehead atoms. The van der Waals surface area contributed by atoms with Gasteiger partial charge in [0.15, 0.2) is 0 Å². The van der Waals surface area contributed by atoms with Crippen LogP contribution in [0.5, 0.6) is 0 Å². The quantitative estimate of drug-likeness (QED) is 0.734. The molecule has 0 aromatic carbocycles. The standard InChI is InChI=1S/C20H31N3O4S2/c1-15(2)13-18(24)22-10-7-17(8-11-22)21-20(25)16-5-3-9-23(14-16)29(26,27)19-6-4-12-28-19/h4,6,12,15-17H,3,5,7-11,13-14H2,1-2H3,(H,21,25). The molecule has 1 atom stereocenters. The van der Waals surface area contributed by atoms with Gasteiger partial charge in [0.05, 0.1) is 5.92 Å². The molecule has 7 nitrogen and oxygen atoms in total. The number of hydrogen-bond donors (Lipinski definition) is 1. The molecule has 162 valence electrons. The zero-order valence-electron chi connectivity index (χ0n) is 17.2. The second-order valence-corrected chi connectivity index (χ2v) is 11.5. The van der Waals surface area contributed by atoms with Crippen molar-refractivity contribution < 1.29 is 18.0 Å². The fraction of sp³-hybridized carbons (Fsp3) is 0.700. The van der Waals surface area contributed by atoms with Crippen molar-refractivity contribution in [3.8, 4) is 0 Å². The Balaban J connectivity index is 1.50. The molecule has 3 heterocycles. The summed E-state index contributed by atoms with van der Waals surface area (Å²) in [6, 6.07) is 3.39. The minimum Gasteiger partial charge on any atom is -0.353 e. The Morgan fingerprint density at radius 2 is 1.93 bits per heavy atom. The fourth-order valence-electron chi connectivity index (χ4n) is 3.98. The van der Waals surface area contributed by atoms with Gasteiger partial charge < -0.3 is 10.2 Å². The van der Waals surface area contributed by atoms with Crippen LogP contribution in [0.1, 0.15) is 46.0 Å². The molecule has 1 unspecified atom stereocenters. The molecule has 1 aromatic rings. The van der Waals surface area contributed by atoms with Crippen LogP contribution < -0.4 is 5.32 Å². The maximum absolute atomic E-state index is 12.8. The van der Waals surface area contributed by atoms with E-state index in [4.69, 9.17) is 0 Å². The van der Waals surface area contributed by atoms with Crippen molar-refractivity contribution in [3.05, 3.63) is 17.5 Å². The Hall–Kier alpha value is -1.45. The van der Waals surface area contributed by atoms with Crippen molar-refractivity contribution in [2.24, 2.45) is 11.8 Å². The summed E-state index contributed by atoms with van der Waals surface area (Å²) in [4.78, 5) is 26.9. The highest BCUT2D eigenvalue weighted by Gasteiger charge is 2.35. The normalized spacial score (nSPS) is 22.0. The summed E-state index contributed by atoms with van der Waals surface area (Å²) in [6.07, 6.45) is 3.45. The number of likely N-dealkylation sites (tertiary alicyclic amines) is 1. The van der Waals surface area contributed by atoms with E-state index in [1.165, 1.54) is 15.6 Å². The van der Waals surface area contributed by atoms with E-state index in [1.807, 2.05) is 18.7 Å². The predicted molar refractivity (Wildman–Crippen MR) is 113 cm³/mol. The van der Waals surface area contributed by atoms with E-state index < -0.39 is 10.0 Å². The van der Waals surface area contributed by atoms with Gasteiger partial charge >= 0.3 is 0 Å². The molecular weight excluding hydrogens is 410 g/mol. The van der Waals surface area contributed by atoms with E-state index in [2.05, 4.69) is 5.32 Å². The highest BCUT2D eigenvalue weighted by molar-refractivity contribution is 7.91. The van der Waals surface area contributed by atoms with Crippen molar-refractivity contribution in [2.45, 2.75) is 56.2 Å². The summed E-state index contributed by atoms with van der Waals surface area (Å²) < 4.78 is 27.3. The summed E-state index contributed by atoms with van der Waals surface area (Å²) in [5, 5.41) is 4.85. The molecule has 3 rings (SSSR count). The van der Waals surface area contributed by atoms with Crippen LogP contribution in [-0.2, 0) is 19.6 Å². The lowest BCUT2D eigenvalue weighted by molar-refractivity contribution is -0.133. The lowest BCUT2D eigenvalue weighted by Crippen LogP contribution is -2.50. The minimum atomic E-state index is -3.52. The van der Waals surface area contributed by atoms with Gasteiger partial charge in [0.1, 0.15) is 4.21 Å². The number of amides is 2. The zero-order chi connectivity index (χ0) is 21.0. The zero-order valence-corrected chi connectivity index (χ0v) is 18.8. The van der Waals surface area contributed by atoms with Crippen LogP contribution in [0.4, 0.5) is 0 Å². The molecule has 0 saturated carbocycles. The van der Waals surface area contributed by atoms with E-state index in [-0.39, 0.29) is 30.3 Å². The first-order chi connectivity index (χ1) is 13.8. The van der Waals surface area contributed by atoms with Crippen molar-refractivity contribution in [3.63, 3.8) is 0 Å². The summed E-state index contributed by atoms with van der Waals surface area (Å²) in [6.45, 7) is 6.10. The molecule has 2 amide bonds. The van der Waals surface area contributed by atoms with Crippen LogP contribution in [0.15, 0.2) is 21.7 Å². The number of rotatable bonds is 6. The second kappa shape index (κ2) is 9.57. The summed E-state index contributed by atoms with van der Waals surface area (Å²) in [7, 11) is -3.52. The first kappa shape index (κ1) is 22.2. The number of nitrogens with one attached hydrogen (secondary N) is 1. The highest BCUT2D eigenvalue weighted by Crippen LogP contribution is 2.26. The number of sulfonamides is 1. The molecule has 2 aliphatic rings. The Morgan fingerprint density at radius 1 is 1.21 bits per heavy atom. The molecule has 9 heteroatoms. The molecular formula is C20H31N3O4S2. The molecule has 0 aliphatic carbocycles. The average molecular weight is 442 g/mol. The smallest absolute Gasteiger partial charge is 0.252 e. The monoisotopic (exact) mass is 441 g/mol. The summed E-state index contributed by atoms with van der Waals surface area (Å²) >= 11 is 1.21. The van der Waals surface area contributed by atoms with Crippen LogP contribution in [0, 0.1) is 11.8 Å². The second-order valence-electron chi connectivity index (χ2n) is 8.40. The molecule has 0 radical (unpaired) electrons. The third-order valence-electron chi connectivity index (χ3n) is 5.62. The van der Waals surface area contributed by atoms with Gasteiger partial charge in [-0.05, 0) is 43.0 Å². The van der Waals surface area contributed by atoms with E-state index in [0.29, 0.717) is 49.0 Å². The van der Waals surface area contributed by atoms with Crippen LogP contribution >= 0.6 is 11.3 Å². The molecule has 29 heavy (non-hydrogen) atoms. The fourth-order valence-corrected chi connectivity index (χ4v) is 6.65. The van der Waals surface area contributed by atoms with Gasteiger partial charge in [-0.2, -0.15) is 4.31 Å². The third kappa shape index (κ3) is 5.58. The Morgan fingerprint density at radius 3 is 2.55 bits per heavy atom. The van der Waals surface area contributed by atoms with Gasteiger partial charge in [-0.3, -0.25) is 9.59 Å². The number of carbonyl (C=O) groups is 2. The van der Waals surface area contributed by atoms with Crippen LogP contribution in [0.25, 0.3) is 0 Å². The van der Waals surface area contributed by atoms with Crippen molar-refractivity contribution >= 4 is 33.2 Å². The molecule has 2 fully saturated rings. The molecule has 1 N–H and O–H groups in total. The lowest BCUT2D eigenvalue weighted by atomic mass is 9.97. The number of carbonyl (C=O) groups excluding carboxylic acids is 2. The van der Waals surface area contributed by atoms with E-state index >= 15 is 0 Å². The first-order valence-corrected chi connectivity index (χ1v) is 12.7. The van der Waals surface area contributed by atoms with E-state index in [9.17, 15) is 18.0 Å². The largest absolute Gasteiger partial charge is 0.353 e. The van der Waals surface area contributed by atoms with Gasteiger partial charge in [-0.25, -0.2) is 8.42 Å². The third-order valence-corrected chi connectivity index (χ3v) is 8.86. The molecule has 2 saturated heterocycles. The maximum atomic E-state index is 12.8. The predicted octanol–water partition coefficient (Wildman–Crippen LogP) is 2.30. The van der Waals surface area contributed by atoms with Crippen LogP contribution in [0.2, 0.25) is 0 Å². The van der Waals surface area contributed by atoms with E-state index in [1.54, 1.807) is 17.5 Å². The minimum absolute atomic E-state index is 0.0508. The summed E-state index contributed by atoms with van der Waals surface area (Å²) in [5.41, 5.74) is 0. The Labute approximate surface area is 177 Å². The van der Waals surface area contributed by atoms with Crippen molar-refractivity contribution in [2.75, 3.05) is 26.2 Å². The van der Waals surface area contributed by atoms with Crippen LogP contribution in [0.3, 0.4) is 0 Å². The molecule has 1 aromatic heterocycles. The van der Waals surface area contributed by atoms with Crippen molar-refractivity contribution in [1.29, 1.82) is 0 Å². The molecule has 2 aliphatic heterocycles. The molecule has 0 spiro atoms. The number of nitrogens with zero attached hydrogens (tertiary/aromatic N) is 2. The lowest BCUT2D eigenvalue weighted by Gasteiger charge is -2.35. The number of piperidine rings is 2. The van der Waals surface area contributed by atoms with Gasteiger partial charge in [0.2, 0.25) is 11.8 Å². The average Bonchev–Trinajstić information content (AvgIpc) is 3.24. The Bertz CT molecular complexity index is 800. The number of hydrogen-bond acceptors (Lipinski definition) is 5. The van der Waals surface area contributed by atoms with Gasteiger partial charge in [0.25, 0.3) is 10.0 Å². The van der Waals surface area contributed by atoms with Gasteiger partial charge in [-0.1, -0.05) is 19.9 Å². The van der Waals surface area contributed by atoms with Gasteiger partial charge in [0, 0.05) is 38.6 Å². The van der Waals surface area contributed by atoms with E-state index in [0.717, 1.165) is 12.8 Å². The summed E-state index contributed by atoms with van der Waals surface area (Å²) in [5.74, 6) is 0.147. The first-order valence-electron chi connectivity index (χ1n) is 10.4. The van der Waals surface area contributed by atoms with Gasteiger partial charge in [-0.15, -0.1) is 11.3 Å². The maximum Gasteiger partial charge on any atom is 0.252 e. The highest BCUT2D eigenvalue weighted by atomic mass is 32.2. The Kier molecular flexibility index (Phi) is 7.34.